The zero-order valence-corrected chi connectivity index (χ0v) is 18.9. The molecule has 166 valence electrons. The first-order valence-corrected chi connectivity index (χ1v) is 11.9. The van der Waals surface area contributed by atoms with Gasteiger partial charge in [0.25, 0.3) is 0 Å². The minimum atomic E-state index is -0.543. The summed E-state index contributed by atoms with van der Waals surface area (Å²) in [4.78, 5) is 11.4. The molecule has 0 aliphatic carbocycles. The molecule has 5 heteroatoms. The number of phenolic OH excluding ortho intramolecular Hbond substituents is 1. The van der Waals surface area contributed by atoms with Gasteiger partial charge in [0.1, 0.15) is 11.6 Å². The number of phenols is 1. The highest BCUT2D eigenvalue weighted by atomic mass is 35.5. The molecular formula is C24H39ClO4. The first kappa shape index (κ1) is 25.6. The van der Waals surface area contributed by atoms with E-state index < -0.39 is 5.97 Å². The van der Waals surface area contributed by atoms with Crippen molar-refractivity contribution in [1.82, 2.24) is 0 Å². The van der Waals surface area contributed by atoms with Crippen molar-refractivity contribution in [3.8, 4) is 17.2 Å². The van der Waals surface area contributed by atoms with Crippen LogP contribution in [-0.4, -0.2) is 23.6 Å². The first-order chi connectivity index (χ1) is 14.2. The third-order valence-corrected chi connectivity index (χ3v) is 5.23. The molecule has 0 amide bonds. The van der Waals surface area contributed by atoms with E-state index in [0.717, 1.165) is 12.8 Å². The van der Waals surface area contributed by atoms with Crippen molar-refractivity contribution in [2.24, 2.45) is 0 Å². The summed E-state index contributed by atoms with van der Waals surface area (Å²) in [6.45, 7) is 2.80. The monoisotopic (exact) mass is 426 g/mol. The molecule has 1 rings (SSSR count). The highest BCUT2D eigenvalue weighted by molar-refractivity contribution is 6.26. The van der Waals surface area contributed by atoms with Crippen LogP contribution in [0.5, 0.6) is 17.2 Å². The summed E-state index contributed by atoms with van der Waals surface area (Å²) in [7, 11) is 0. The van der Waals surface area contributed by atoms with Gasteiger partial charge in [-0.3, -0.25) is 4.79 Å². The van der Waals surface area contributed by atoms with Crippen molar-refractivity contribution >= 4 is 17.6 Å². The normalized spacial score (nSPS) is 10.8. The summed E-state index contributed by atoms with van der Waals surface area (Å²) in [5, 5.41) is 9.61. The Morgan fingerprint density at radius 2 is 1.34 bits per heavy atom. The van der Waals surface area contributed by atoms with E-state index in [1.54, 1.807) is 0 Å². The van der Waals surface area contributed by atoms with Crippen LogP contribution in [0.15, 0.2) is 18.2 Å². The molecule has 0 aromatic heterocycles. The van der Waals surface area contributed by atoms with E-state index in [2.05, 4.69) is 6.92 Å². The summed E-state index contributed by atoms with van der Waals surface area (Å²) in [5.41, 5.74) is 0. The first-order valence-electron chi connectivity index (χ1n) is 11.4. The lowest BCUT2D eigenvalue weighted by molar-refractivity contribution is -0.131. The van der Waals surface area contributed by atoms with Crippen LogP contribution in [0.25, 0.3) is 0 Å². The average Bonchev–Trinajstić information content (AvgIpc) is 2.72. The van der Waals surface area contributed by atoms with Crippen molar-refractivity contribution < 1.29 is 19.4 Å². The lowest BCUT2D eigenvalue weighted by atomic mass is 10.0. The Kier molecular flexibility index (Phi) is 15.4. The van der Waals surface area contributed by atoms with Gasteiger partial charge in [-0.2, -0.15) is 0 Å². The fraction of sp³-hybridized carbons (Fsp3) is 0.708. The number of unbranched alkanes of at least 4 members (excludes halogenated alkanes) is 13. The molecule has 1 aromatic carbocycles. The van der Waals surface area contributed by atoms with Crippen LogP contribution in [0, 0.1) is 0 Å². The van der Waals surface area contributed by atoms with Crippen molar-refractivity contribution in [3.63, 3.8) is 0 Å². The van der Waals surface area contributed by atoms with Gasteiger partial charge in [0.15, 0.2) is 11.5 Å². The molecular weight excluding hydrogens is 388 g/mol. The molecule has 0 fully saturated rings. The number of benzene rings is 1. The number of alkyl halides is 1. The zero-order chi connectivity index (χ0) is 21.2. The van der Waals surface area contributed by atoms with E-state index in [4.69, 9.17) is 21.1 Å². The molecule has 0 saturated heterocycles. The SMILES string of the molecule is CCCCCCCCCCCCCCCCOc1cc(O)ccc1OC(=O)CCl. The predicted molar refractivity (Wildman–Crippen MR) is 120 cm³/mol. The fourth-order valence-corrected chi connectivity index (χ4v) is 3.38. The van der Waals surface area contributed by atoms with E-state index >= 15 is 0 Å². The maximum absolute atomic E-state index is 11.4. The minimum Gasteiger partial charge on any atom is -0.508 e. The Morgan fingerprint density at radius 1 is 0.828 bits per heavy atom. The third-order valence-electron chi connectivity index (χ3n) is 5.02. The van der Waals surface area contributed by atoms with Gasteiger partial charge in [-0.05, 0) is 18.6 Å². The van der Waals surface area contributed by atoms with Gasteiger partial charge in [0, 0.05) is 6.07 Å². The summed E-state index contributed by atoms with van der Waals surface area (Å²) in [6.07, 6.45) is 18.3. The van der Waals surface area contributed by atoms with Crippen LogP contribution in [-0.2, 0) is 4.79 Å². The Bertz CT molecular complexity index is 548. The third kappa shape index (κ3) is 13.4. The molecule has 0 aliphatic rings. The molecule has 0 heterocycles. The molecule has 0 aliphatic heterocycles. The summed E-state index contributed by atoms with van der Waals surface area (Å²) >= 11 is 5.47. The van der Waals surface area contributed by atoms with E-state index in [9.17, 15) is 9.90 Å². The van der Waals surface area contributed by atoms with Crippen molar-refractivity contribution in [1.29, 1.82) is 0 Å². The van der Waals surface area contributed by atoms with Crippen LogP contribution < -0.4 is 9.47 Å². The van der Waals surface area contributed by atoms with E-state index in [-0.39, 0.29) is 11.6 Å². The molecule has 1 N–H and O–H groups in total. The molecule has 1 aromatic rings. The number of esters is 1. The Morgan fingerprint density at radius 3 is 1.86 bits per heavy atom. The van der Waals surface area contributed by atoms with Crippen molar-refractivity contribution in [3.05, 3.63) is 18.2 Å². The molecule has 0 unspecified atom stereocenters. The summed E-state index contributed by atoms with van der Waals surface area (Å²) < 4.78 is 10.8. The van der Waals surface area contributed by atoms with E-state index in [0.29, 0.717) is 18.1 Å². The van der Waals surface area contributed by atoms with Gasteiger partial charge in [-0.25, -0.2) is 0 Å². The maximum Gasteiger partial charge on any atom is 0.326 e. The van der Waals surface area contributed by atoms with Gasteiger partial charge in [0.05, 0.1) is 6.61 Å². The summed E-state index contributed by atoms with van der Waals surface area (Å²) in [6, 6.07) is 4.43. The molecule has 0 radical (unpaired) electrons. The minimum absolute atomic E-state index is 0.0756. The highest BCUT2D eigenvalue weighted by Crippen LogP contribution is 2.31. The number of rotatable bonds is 18. The van der Waals surface area contributed by atoms with Gasteiger partial charge >= 0.3 is 5.97 Å². The second-order valence-corrected chi connectivity index (χ2v) is 7.95. The largest absolute Gasteiger partial charge is 0.508 e. The number of aromatic hydroxyl groups is 1. The van der Waals surface area contributed by atoms with Crippen LogP contribution in [0.4, 0.5) is 0 Å². The molecule has 0 saturated carbocycles. The number of halogens is 1. The van der Waals surface area contributed by atoms with Gasteiger partial charge < -0.3 is 14.6 Å². The lowest BCUT2D eigenvalue weighted by Gasteiger charge is -2.11. The zero-order valence-electron chi connectivity index (χ0n) is 18.1. The second-order valence-electron chi connectivity index (χ2n) is 7.68. The lowest BCUT2D eigenvalue weighted by Crippen LogP contribution is -2.10. The Labute approximate surface area is 181 Å². The van der Waals surface area contributed by atoms with Gasteiger partial charge in [-0.15, -0.1) is 11.6 Å². The number of carbonyl (C=O) groups excluding carboxylic acids is 1. The second kappa shape index (κ2) is 17.4. The predicted octanol–water partition coefficient (Wildman–Crippen LogP) is 7.40. The quantitative estimate of drug-likeness (QED) is 0.115. The van der Waals surface area contributed by atoms with Gasteiger partial charge in [0.2, 0.25) is 0 Å². The van der Waals surface area contributed by atoms with Crippen LogP contribution in [0.2, 0.25) is 0 Å². The molecule has 0 atom stereocenters. The van der Waals surface area contributed by atoms with Crippen LogP contribution in [0.1, 0.15) is 96.8 Å². The topological polar surface area (TPSA) is 55.8 Å². The maximum atomic E-state index is 11.4. The smallest absolute Gasteiger partial charge is 0.326 e. The van der Waals surface area contributed by atoms with Crippen molar-refractivity contribution in [2.45, 2.75) is 96.8 Å². The fourth-order valence-electron chi connectivity index (χ4n) is 3.32. The molecule has 29 heavy (non-hydrogen) atoms. The number of hydrogen-bond acceptors (Lipinski definition) is 4. The summed E-state index contributed by atoms with van der Waals surface area (Å²) in [5.74, 6) is -0.0264. The molecule has 4 nitrogen and oxygen atoms in total. The number of carbonyl (C=O) groups is 1. The van der Waals surface area contributed by atoms with E-state index in [1.165, 1.54) is 95.2 Å². The highest BCUT2D eigenvalue weighted by Gasteiger charge is 2.10. The van der Waals surface area contributed by atoms with E-state index in [1.807, 2.05) is 0 Å². The Hall–Kier alpha value is -1.42. The standard InChI is InChI=1S/C24H39ClO4/c1-2-3-4-5-6-7-8-9-10-11-12-13-14-15-18-28-23-19-21(26)16-17-22(23)29-24(27)20-25/h16-17,19,26H,2-15,18,20H2,1H3. The molecule has 0 bridgehead atoms. The Balaban J connectivity index is 2.01. The average molecular weight is 427 g/mol. The van der Waals surface area contributed by atoms with Crippen molar-refractivity contribution in [2.75, 3.05) is 12.5 Å². The van der Waals surface area contributed by atoms with Gasteiger partial charge in [-0.1, -0.05) is 90.4 Å². The van der Waals surface area contributed by atoms with Crippen LogP contribution in [0.3, 0.4) is 0 Å². The molecule has 0 spiro atoms. The van der Waals surface area contributed by atoms with Crippen LogP contribution >= 0.6 is 11.6 Å². The number of hydrogen-bond donors (Lipinski definition) is 1. The number of ether oxygens (including phenoxy) is 2.